The number of amides is 1. The zero-order valence-electron chi connectivity index (χ0n) is 10.8. The number of halogens is 1. The molecule has 0 N–H and O–H groups in total. The average molecular weight is 325 g/mol. The van der Waals surface area contributed by atoms with Crippen LogP contribution in [0.15, 0.2) is 28.7 Å². The van der Waals surface area contributed by atoms with Crippen molar-refractivity contribution in [3.8, 4) is 5.69 Å². The number of nitrogens with zero attached hydrogens (tertiary/aromatic N) is 4. The van der Waals surface area contributed by atoms with Gasteiger partial charge in [0, 0.05) is 11.5 Å². The van der Waals surface area contributed by atoms with E-state index >= 15 is 0 Å². The standard InChI is InChI=1S/C12H13BrN4O2/c1-8-11(12(18)16(2)19-3)14-15-17(8)10-6-4-5-9(13)7-10/h4-7H,1-3H3. The Bertz CT molecular complexity index is 612. The maximum atomic E-state index is 12.0. The first kappa shape index (κ1) is 13.7. The van der Waals surface area contributed by atoms with E-state index in [0.717, 1.165) is 15.2 Å². The summed E-state index contributed by atoms with van der Waals surface area (Å²) in [7, 11) is 2.95. The molecule has 7 heteroatoms. The van der Waals surface area contributed by atoms with E-state index < -0.39 is 0 Å². The lowest BCUT2D eigenvalue weighted by Crippen LogP contribution is -2.26. The van der Waals surface area contributed by atoms with E-state index in [0.29, 0.717) is 5.69 Å². The van der Waals surface area contributed by atoms with Crippen LogP contribution in [0.4, 0.5) is 0 Å². The topological polar surface area (TPSA) is 60.2 Å². The Morgan fingerprint density at radius 1 is 1.47 bits per heavy atom. The van der Waals surface area contributed by atoms with Crippen LogP contribution in [0, 0.1) is 6.92 Å². The molecule has 1 heterocycles. The van der Waals surface area contributed by atoms with E-state index in [-0.39, 0.29) is 11.6 Å². The number of aromatic nitrogens is 3. The summed E-state index contributed by atoms with van der Waals surface area (Å²) in [5.41, 5.74) is 1.76. The van der Waals surface area contributed by atoms with Gasteiger partial charge in [0.15, 0.2) is 5.69 Å². The van der Waals surface area contributed by atoms with Gasteiger partial charge in [-0.15, -0.1) is 5.10 Å². The minimum absolute atomic E-state index is 0.268. The number of hydrogen-bond donors (Lipinski definition) is 0. The van der Waals surface area contributed by atoms with Crippen LogP contribution in [0.5, 0.6) is 0 Å². The molecule has 0 aliphatic heterocycles. The van der Waals surface area contributed by atoms with Crippen molar-refractivity contribution in [2.45, 2.75) is 6.92 Å². The predicted octanol–water partition coefficient (Wildman–Crippen LogP) is 1.97. The smallest absolute Gasteiger partial charge is 0.274 e. The molecule has 6 nitrogen and oxygen atoms in total. The molecular weight excluding hydrogens is 312 g/mol. The molecule has 0 atom stereocenters. The van der Waals surface area contributed by atoms with Crippen molar-refractivity contribution in [2.24, 2.45) is 0 Å². The van der Waals surface area contributed by atoms with E-state index in [4.69, 9.17) is 4.84 Å². The van der Waals surface area contributed by atoms with Crippen LogP contribution in [0.1, 0.15) is 16.2 Å². The molecule has 0 unspecified atom stereocenters. The first-order chi connectivity index (χ1) is 9.04. The van der Waals surface area contributed by atoms with Gasteiger partial charge in [0.05, 0.1) is 18.5 Å². The summed E-state index contributed by atoms with van der Waals surface area (Å²) in [5.74, 6) is -0.332. The third-order valence-corrected chi connectivity index (χ3v) is 3.20. The van der Waals surface area contributed by atoms with Gasteiger partial charge in [-0.2, -0.15) is 0 Å². The fraction of sp³-hybridized carbons (Fsp3) is 0.250. The summed E-state index contributed by atoms with van der Waals surface area (Å²) in [6, 6.07) is 7.60. The lowest BCUT2D eigenvalue weighted by Gasteiger charge is -2.12. The summed E-state index contributed by atoms with van der Waals surface area (Å²) in [4.78, 5) is 16.8. The van der Waals surface area contributed by atoms with Gasteiger partial charge in [0.25, 0.3) is 5.91 Å². The molecule has 0 saturated carbocycles. The molecule has 100 valence electrons. The van der Waals surface area contributed by atoms with E-state index in [1.165, 1.54) is 14.2 Å². The quantitative estimate of drug-likeness (QED) is 0.810. The van der Waals surface area contributed by atoms with Gasteiger partial charge >= 0.3 is 0 Å². The number of benzene rings is 1. The number of carbonyl (C=O) groups excluding carboxylic acids is 1. The molecule has 0 bridgehead atoms. The molecule has 0 spiro atoms. The molecule has 0 fully saturated rings. The summed E-state index contributed by atoms with van der Waals surface area (Å²) < 4.78 is 2.54. The van der Waals surface area contributed by atoms with Gasteiger partial charge in [-0.25, -0.2) is 9.75 Å². The summed E-state index contributed by atoms with van der Waals surface area (Å²) >= 11 is 3.40. The van der Waals surface area contributed by atoms with E-state index in [2.05, 4.69) is 26.2 Å². The third-order valence-electron chi connectivity index (χ3n) is 2.71. The third kappa shape index (κ3) is 2.66. The monoisotopic (exact) mass is 324 g/mol. The molecule has 1 aromatic carbocycles. The number of rotatable bonds is 3. The Morgan fingerprint density at radius 2 is 2.21 bits per heavy atom. The van der Waals surface area contributed by atoms with Crippen LogP contribution >= 0.6 is 15.9 Å². The molecule has 0 aliphatic rings. The van der Waals surface area contributed by atoms with Crippen molar-refractivity contribution in [3.05, 3.63) is 40.1 Å². The Labute approximate surface area is 119 Å². The Balaban J connectivity index is 2.41. The average Bonchev–Trinajstić information content (AvgIpc) is 2.78. The molecule has 0 saturated heterocycles. The van der Waals surface area contributed by atoms with E-state index in [1.54, 1.807) is 11.6 Å². The highest BCUT2D eigenvalue weighted by Gasteiger charge is 2.20. The van der Waals surface area contributed by atoms with E-state index in [9.17, 15) is 4.79 Å². The minimum Gasteiger partial charge on any atom is -0.274 e. The van der Waals surface area contributed by atoms with Crippen molar-refractivity contribution in [1.82, 2.24) is 20.1 Å². The van der Waals surface area contributed by atoms with Gasteiger partial charge in [-0.05, 0) is 25.1 Å². The van der Waals surface area contributed by atoms with Crippen molar-refractivity contribution in [3.63, 3.8) is 0 Å². The van der Waals surface area contributed by atoms with E-state index in [1.807, 2.05) is 24.3 Å². The minimum atomic E-state index is -0.332. The fourth-order valence-corrected chi connectivity index (χ4v) is 2.00. The molecule has 2 aromatic rings. The highest BCUT2D eigenvalue weighted by molar-refractivity contribution is 9.10. The van der Waals surface area contributed by atoms with Crippen molar-refractivity contribution in [2.75, 3.05) is 14.2 Å². The number of carbonyl (C=O) groups is 1. The van der Waals surface area contributed by atoms with Crippen LogP contribution in [-0.2, 0) is 4.84 Å². The van der Waals surface area contributed by atoms with Crippen LogP contribution in [0.25, 0.3) is 5.69 Å². The molecule has 1 aromatic heterocycles. The number of hydrogen-bond acceptors (Lipinski definition) is 4. The predicted molar refractivity (Wildman–Crippen MR) is 72.9 cm³/mol. The van der Waals surface area contributed by atoms with Crippen LogP contribution < -0.4 is 0 Å². The van der Waals surface area contributed by atoms with Gasteiger partial charge in [0.2, 0.25) is 0 Å². The van der Waals surface area contributed by atoms with Crippen molar-refractivity contribution >= 4 is 21.8 Å². The lowest BCUT2D eigenvalue weighted by atomic mass is 10.3. The fourth-order valence-electron chi connectivity index (χ4n) is 1.61. The SMILES string of the molecule is CON(C)C(=O)c1nnn(-c2cccc(Br)c2)c1C. The maximum absolute atomic E-state index is 12.0. The first-order valence-corrected chi connectivity index (χ1v) is 6.34. The van der Waals surface area contributed by atoms with Crippen LogP contribution in [-0.4, -0.2) is 40.1 Å². The Morgan fingerprint density at radius 3 is 2.84 bits per heavy atom. The first-order valence-electron chi connectivity index (χ1n) is 5.55. The second-order valence-electron chi connectivity index (χ2n) is 3.90. The van der Waals surface area contributed by atoms with Crippen LogP contribution in [0.2, 0.25) is 0 Å². The molecule has 0 radical (unpaired) electrons. The highest BCUT2D eigenvalue weighted by Crippen LogP contribution is 2.17. The number of hydroxylamine groups is 2. The second-order valence-corrected chi connectivity index (χ2v) is 4.82. The van der Waals surface area contributed by atoms with Crippen molar-refractivity contribution in [1.29, 1.82) is 0 Å². The summed E-state index contributed by atoms with van der Waals surface area (Å²) in [6.07, 6.45) is 0. The lowest BCUT2D eigenvalue weighted by molar-refractivity contribution is -0.0761. The Hall–Kier alpha value is -1.73. The van der Waals surface area contributed by atoms with Gasteiger partial charge in [0.1, 0.15) is 0 Å². The zero-order valence-corrected chi connectivity index (χ0v) is 12.4. The summed E-state index contributed by atoms with van der Waals surface area (Å²) in [5, 5.41) is 9.04. The Kier molecular flexibility index (Phi) is 3.96. The van der Waals surface area contributed by atoms with Crippen LogP contribution in [0.3, 0.4) is 0 Å². The zero-order chi connectivity index (χ0) is 14.0. The largest absolute Gasteiger partial charge is 0.299 e. The molecule has 2 rings (SSSR count). The molecule has 19 heavy (non-hydrogen) atoms. The normalized spacial score (nSPS) is 10.5. The summed E-state index contributed by atoms with van der Waals surface area (Å²) in [6.45, 7) is 1.79. The van der Waals surface area contributed by atoms with Gasteiger partial charge in [-0.3, -0.25) is 9.63 Å². The van der Waals surface area contributed by atoms with Gasteiger partial charge < -0.3 is 0 Å². The van der Waals surface area contributed by atoms with Gasteiger partial charge in [-0.1, -0.05) is 27.2 Å². The molecular formula is C12H13BrN4O2. The maximum Gasteiger partial charge on any atom is 0.299 e. The molecule has 0 aliphatic carbocycles. The molecule has 1 amide bonds. The highest BCUT2D eigenvalue weighted by atomic mass is 79.9. The second kappa shape index (κ2) is 5.50. The van der Waals surface area contributed by atoms with Crippen molar-refractivity contribution < 1.29 is 9.63 Å².